The molecule has 0 amide bonds. The maximum Gasteiger partial charge on any atom is 0.120 e. The van der Waals surface area contributed by atoms with E-state index in [0.717, 1.165) is 25.7 Å². The third-order valence-corrected chi connectivity index (χ3v) is 1.89. The zero-order valence-electron chi connectivity index (χ0n) is 7.36. The van der Waals surface area contributed by atoms with Crippen molar-refractivity contribution in [3.63, 3.8) is 0 Å². The lowest BCUT2D eigenvalue weighted by Gasteiger charge is -2.02. The number of hydrogen-bond acceptors (Lipinski definition) is 2. The fourth-order valence-corrected chi connectivity index (χ4v) is 1.21. The molecule has 0 fully saturated rings. The van der Waals surface area contributed by atoms with Gasteiger partial charge in [-0.2, -0.15) is 0 Å². The van der Waals surface area contributed by atoms with Gasteiger partial charge in [0.25, 0.3) is 0 Å². The van der Waals surface area contributed by atoms with Gasteiger partial charge in [0.15, 0.2) is 0 Å². The van der Waals surface area contributed by atoms with Gasteiger partial charge in [0.05, 0.1) is 6.33 Å². The van der Waals surface area contributed by atoms with Crippen LogP contribution >= 0.6 is 0 Å². The summed E-state index contributed by atoms with van der Waals surface area (Å²) in [6, 6.07) is 0. The average Bonchev–Trinajstić information content (AvgIpc) is 2.52. The Morgan fingerprint density at radius 2 is 2.50 bits per heavy atom. The second-order valence-corrected chi connectivity index (χ2v) is 2.73. The number of aryl methyl sites for hydroxylation is 2. The van der Waals surface area contributed by atoms with E-state index in [0.29, 0.717) is 6.42 Å². The molecule has 0 atom stereocenters. The number of aromatic nitrogens is 2. The van der Waals surface area contributed by atoms with Crippen LogP contribution in [0.1, 0.15) is 25.5 Å². The largest absolute Gasteiger partial charge is 0.335 e. The Balaban J connectivity index is 2.44. The van der Waals surface area contributed by atoms with Crippen molar-refractivity contribution in [2.24, 2.45) is 0 Å². The molecule has 0 unspecified atom stereocenters. The molecule has 0 N–H and O–H groups in total. The van der Waals surface area contributed by atoms with Gasteiger partial charge in [-0.15, -0.1) is 0 Å². The highest BCUT2D eigenvalue weighted by Crippen LogP contribution is 2.03. The summed E-state index contributed by atoms with van der Waals surface area (Å²) in [5, 5.41) is 0. The number of nitrogens with zero attached hydrogens (tertiary/aromatic N) is 2. The molecule has 0 saturated carbocycles. The Morgan fingerprint density at radius 1 is 1.67 bits per heavy atom. The van der Waals surface area contributed by atoms with E-state index < -0.39 is 0 Å². The van der Waals surface area contributed by atoms with Gasteiger partial charge in [-0.05, 0) is 19.8 Å². The molecule has 0 saturated heterocycles. The fourth-order valence-electron chi connectivity index (χ4n) is 1.21. The highest BCUT2D eigenvalue weighted by Gasteiger charge is 1.98. The molecule has 0 aromatic carbocycles. The average molecular weight is 166 g/mol. The van der Waals surface area contributed by atoms with E-state index in [4.69, 9.17) is 0 Å². The summed E-state index contributed by atoms with van der Waals surface area (Å²) in [5.41, 5.74) is 1.22. The van der Waals surface area contributed by atoms with Gasteiger partial charge in [0, 0.05) is 24.9 Å². The maximum absolute atomic E-state index is 10.1. The number of carbonyl (C=O) groups is 1. The Bertz CT molecular complexity index is 242. The van der Waals surface area contributed by atoms with E-state index in [1.807, 2.05) is 12.5 Å². The molecule has 0 aliphatic heterocycles. The quantitative estimate of drug-likeness (QED) is 0.490. The Morgan fingerprint density at radius 3 is 3.17 bits per heavy atom. The lowest BCUT2D eigenvalue weighted by atomic mass is 10.2. The normalized spacial score (nSPS) is 10.1. The van der Waals surface area contributed by atoms with Crippen LogP contribution in [0.4, 0.5) is 0 Å². The van der Waals surface area contributed by atoms with Gasteiger partial charge in [-0.3, -0.25) is 0 Å². The molecular formula is C9H14N2O. The van der Waals surface area contributed by atoms with Crippen molar-refractivity contribution < 1.29 is 4.79 Å². The van der Waals surface area contributed by atoms with Gasteiger partial charge < -0.3 is 9.36 Å². The number of carbonyl (C=O) groups excluding carboxylic acids is 1. The van der Waals surface area contributed by atoms with E-state index in [1.165, 1.54) is 5.69 Å². The summed E-state index contributed by atoms with van der Waals surface area (Å²) in [6.07, 6.45) is 7.19. The Hall–Kier alpha value is -1.12. The first-order valence-electron chi connectivity index (χ1n) is 4.31. The van der Waals surface area contributed by atoms with Crippen LogP contribution in [0.15, 0.2) is 12.5 Å². The SMILES string of the molecule is CCn1cncc1CCCC=O. The minimum Gasteiger partial charge on any atom is -0.335 e. The molecule has 12 heavy (non-hydrogen) atoms. The lowest BCUT2D eigenvalue weighted by molar-refractivity contribution is -0.107. The van der Waals surface area contributed by atoms with E-state index in [2.05, 4.69) is 16.5 Å². The van der Waals surface area contributed by atoms with Gasteiger partial charge in [0.2, 0.25) is 0 Å². The molecule has 1 aromatic rings. The molecule has 1 heterocycles. The fraction of sp³-hybridized carbons (Fsp3) is 0.556. The molecule has 66 valence electrons. The first-order valence-corrected chi connectivity index (χ1v) is 4.31. The van der Waals surface area contributed by atoms with Gasteiger partial charge in [-0.25, -0.2) is 4.98 Å². The van der Waals surface area contributed by atoms with E-state index in [1.54, 1.807) is 0 Å². The number of hydrogen-bond donors (Lipinski definition) is 0. The number of rotatable bonds is 5. The van der Waals surface area contributed by atoms with Crippen LogP contribution in [0.5, 0.6) is 0 Å². The highest BCUT2D eigenvalue weighted by molar-refractivity contribution is 5.49. The molecule has 1 aromatic heterocycles. The monoisotopic (exact) mass is 166 g/mol. The smallest absolute Gasteiger partial charge is 0.120 e. The third kappa shape index (κ3) is 2.19. The molecular weight excluding hydrogens is 152 g/mol. The maximum atomic E-state index is 10.1. The predicted octanol–water partition coefficient (Wildman–Crippen LogP) is 1.42. The lowest BCUT2D eigenvalue weighted by Crippen LogP contribution is -1.98. The van der Waals surface area contributed by atoms with Crippen molar-refractivity contribution in [3.8, 4) is 0 Å². The topological polar surface area (TPSA) is 34.9 Å². The number of imidazole rings is 1. The third-order valence-electron chi connectivity index (χ3n) is 1.89. The van der Waals surface area contributed by atoms with Gasteiger partial charge in [0.1, 0.15) is 6.29 Å². The van der Waals surface area contributed by atoms with Gasteiger partial charge in [-0.1, -0.05) is 0 Å². The highest BCUT2D eigenvalue weighted by atomic mass is 16.1. The Labute approximate surface area is 72.4 Å². The molecule has 0 aliphatic rings. The van der Waals surface area contributed by atoms with Gasteiger partial charge >= 0.3 is 0 Å². The van der Waals surface area contributed by atoms with E-state index >= 15 is 0 Å². The van der Waals surface area contributed by atoms with E-state index in [-0.39, 0.29) is 0 Å². The minimum absolute atomic E-state index is 0.648. The van der Waals surface area contributed by atoms with Crippen LogP contribution < -0.4 is 0 Å². The van der Waals surface area contributed by atoms with E-state index in [9.17, 15) is 4.79 Å². The van der Waals surface area contributed by atoms with Crippen LogP contribution in [0.2, 0.25) is 0 Å². The molecule has 0 bridgehead atoms. The summed E-state index contributed by atoms with van der Waals surface area (Å²) in [4.78, 5) is 14.1. The summed E-state index contributed by atoms with van der Waals surface area (Å²) >= 11 is 0. The predicted molar refractivity (Wildman–Crippen MR) is 46.9 cm³/mol. The van der Waals surface area contributed by atoms with Crippen molar-refractivity contribution in [1.29, 1.82) is 0 Å². The van der Waals surface area contributed by atoms with Crippen molar-refractivity contribution >= 4 is 6.29 Å². The molecule has 0 radical (unpaired) electrons. The second-order valence-electron chi connectivity index (χ2n) is 2.73. The Kier molecular flexibility index (Phi) is 3.51. The molecule has 0 aliphatic carbocycles. The minimum atomic E-state index is 0.648. The summed E-state index contributed by atoms with van der Waals surface area (Å²) in [5.74, 6) is 0. The zero-order chi connectivity index (χ0) is 8.81. The van der Waals surface area contributed by atoms with Crippen LogP contribution in [0.25, 0.3) is 0 Å². The van der Waals surface area contributed by atoms with Crippen molar-refractivity contribution in [2.45, 2.75) is 32.7 Å². The van der Waals surface area contributed by atoms with Crippen LogP contribution in [0, 0.1) is 0 Å². The first-order chi connectivity index (χ1) is 5.88. The second kappa shape index (κ2) is 4.70. The molecule has 1 rings (SSSR count). The summed E-state index contributed by atoms with van der Waals surface area (Å²) in [7, 11) is 0. The van der Waals surface area contributed by atoms with Crippen molar-refractivity contribution in [1.82, 2.24) is 9.55 Å². The number of aldehydes is 1. The summed E-state index contributed by atoms with van der Waals surface area (Å²) in [6.45, 7) is 3.04. The first kappa shape index (κ1) is 8.97. The standard InChI is InChI=1S/C9H14N2O/c1-2-11-8-10-7-9(11)5-3-4-6-12/h6-8H,2-5H2,1H3. The van der Waals surface area contributed by atoms with Crippen molar-refractivity contribution in [3.05, 3.63) is 18.2 Å². The molecule has 3 nitrogen and oxygen atoms in total. The van der Waals surface area contributed by atoms with Crippen LogP contribution in [0.3, 0.4) is 0 Å². The number of unbranched alkanes of at least 4 members (excludes halogenated alkanes) is 1. The van der Waals surface area contributed by atoms with Crippen LogP contribution in [-0.2, 0) is 17.8 Å². The molecule has 0 spiro atoms. The zero-order valence-corrected chi connectivity index (χ0v) is 7.36. The van der Waals surface area contributed by atoms with Crippen LogP contribution in [-0.4, -0.2) is 15.8 Å². The van der Waals surface area contributed by atoms with Crippen molar-refractivity contribution in [2.75, 3.05) is 0 Å². The summed E-state index contributed by atoms with van der Waals surface area (Å²) < 4.78 is 2.10. The molecule has 3 heteroatoms.